The molecule has 3 N–H and O–H groups in total. The molecule has 0 radical (unpaired) electrons. The van der Waals surface area contributed by atoms with Gasteiger partial charge in [0.1, 0.15) is 5.41 Å². The Morgan fingerprint density at radius 1 is 1.47 bits per heavy atom. The van der Waals surface area contributed by atoms with Gasteiger partial charge in [0.2, 0.25) is 5.91 Å². The van der Waals surface area contributed by atoms with Gasteiger partial charge in [0, 0.05) is 26.8 Å². The first-order chi connectivity index (χ1) is 9.10. The molecule has 1 saturated carbocycles. The van der Waals surface area contributed by atoms with E-state index in [-0.39, 0.29) is 11.7 Å². The summed E-state index contributed by atoms with van der Waals surface area (Å²) in [4.78, 5) is 14.3. The van der Waals surface area contributed by atoms with E-state index in [1.807, 2.05) is 7.05 Å². The molecule has 0 aromatic carbocycles. The Hall–Kier alpha value is -1.30. The van der Waals surface area contributed by atoms with Gasteiger partial charge in [-0.3, -0.25) is 4.79 Å². The highest BCUT2D eigenvalue weighted by molar-refractivity contribution is 6.07. The molecule has 19 heavy (non-hydrogen) atoms. The SMILES string of the molecule is CN(CC1CCOCC1)C(=O)C1(C(N)=NO)CCC1. The molecule has 0 aromatic heterocycles. The summed E-state index contributed by atoms with van der Waals surface area (Å²) in [5.74, 6) is 0.537. The summed E-state index contributed by atoms with van der Waals surface area (Å²) in [6.07, 6.45) is 4.30. The van der Waals surface area contributed by atoms with Crippen LogP contribution in [0.25, 0.3) is 0 Å². The zero-order valence-electron chi connectivity index (χ0n) is 11.5. The van der Waals surface area contributed by atoms with Gasteiger partial charge in [-0.05, 0) is 31.6 Å². The van der Waals surface area contributed by atoms with Gasteiger partial charge in [-0.1, -0.05) is 11.6 Å². The second-order valence-corrected chi connectivity index (χ2v) is 5.66. The van der Waals surface area contributed by atoms with Gasteiger partial charge in [0.05, 0.1) is 0 Å². The molecule has 0 aromatic rings. The molecule has 0 unspecified atom stereocenters. The number of carbonyl (C=O) groups is 1. The standard InChI is InChI=1S/C13H23N3O3/c1-16(9-10-3-7-19-8-4-10)12(17)13(5-2-6-13)11(14)15-18/h10,18H,2-9H2,1H3,(H2,14,15). The summed E-state index contributed by atoms with van der Waals surface area (Å²) < 4.78 is 5.32. The Morgan fingerprint density at radius 2 is 2.11 bits per heavy atom. The van der Waals surface area contributed by atoms with Crippen molar-refractivity contribution in [2.24, 2.45) is 22.2 Å². The minimum absolute atomic E-state index is 0.0134. The molecule has 0 bridgehead atoms. The van der Waals surface area contributed by atoms with Crippen molar-refractivity contribution in [2.75, 3.05) is 26.8 Å². The molecule has 108 valence electrons. The third-order valence-corrected chi connectivity index (χ3v) is 4.43. The first kappa shape index (κ1) is 14.1. The first-order valence-electron chi connectivity index (χ1n) is 6.91. The van der Waals surface area contributed by atoms with E-state index in [0.29, 0.717) is 18.8 Å². The molecule has 2 rings (SSSR count). The minimum Gasteiger partial charge on any atom is -0.409 e. The minimum atomic E-state index is -0.755. The van der Waals surface area contributed by atoms with Crippen LogP contribution in [-0.4, -0.2) is 48.7 Å². The number of nitrogens with zero attached hydrogens (tertiary/aromatic N) is 2. The van der Waals surface area contributed by atoms with E-state index in [4.69, 9.17) is 15.7 Å². The fourth-order valence-corrected chi connectivity index (χ4v) is 2.97. The van der Waals surface area contributed by atoms with Crippen molar-refractivity contribution < 1.29 is 14.7 Å². The number of rotatable bonds is 4. The average molecular weight is 269 g/mol. The monoisotopic (exact) mass is 269 g/mol. The summed E-state index contributed by atoms with van der Waals surface area (Å²) in [6.45, 7) is 2.28. The second kappa shape index (κ2) is 5.77. The lowest BCUT2D eigenvalue weighted by Crippen LogP contribution is -2.55. The van der Waals surface area contributed by atoms with E-state index in [1.54, 1.807) is 4.90 Å². The lowest BCUT2D eigenvalue weighted by atomic mass is 9.67. The predicted octanol–water partition coefficient (Wildman–Crippen LogP) is 0.788. The summed E-state index contributed by atoms with van der Waals surface area (Å²) in [7, 11) is 1.81. The lowest BCUT2D eigenvalue weighted by Gasteiger charge is -2.42. The quantitative estimate of drug-likeness (QED) is 0.342. The maximum Gasteiger partial charge on any atom is 0.236 e. The Morgan fingerprint density at radius 3 is 2.58 bits per heavy atom. The number of oxime groups is 1. The molecule has 2 fully saturated rings. The molecule has 2 aliphatic rings. The number of amidine groups is 1. The third-order valence-electron chi connectivity index (χ3n) is 4.43. The topological polar surface area (TPSA) is 88.2 Å². The van der Waals surface area contributed by atoms with Crippen molar-refractivity contribution in [1.82, 2.24) is 4.90 Å². The van der Waals surface area contributed by atoms with Gasteiger partial charge < -0.3 is 20.6 Å². The smallest absolute Gasteiger partial charge is 0.236 e. The Kier molecular flexibility index (Phi) is 4.29. The van der Waals surface area contributed by atoms with Crippen LogP contribution in [0.5, 0.6) is 0 Å². The predicted molar refractivity (Wildman–Crippen MR) is 70.9 cm³/mol. The van der Waals surface area contributed by atoms with E-state index < -0.39 is 5.41 Å². The number of amides is 1. The largest absolute Gasteiger partial charge is 0.409 e. The van der Waals surface area contributed by atoms with E-state index in [9.17, 15) is 4.79 Å². The zero-order valence-corrected chi connectivity index (χ0v) is 11.5. The average Bonchev–Trinajstić information content (AvgIpc) is 2.38. The van der Waals surface area contributed by atoms with Gasteiger partial charge in [-0.25, -0.2) is 0 Å². The van der Waals surface area contributed by atoms with Crippen molar-refractivity contribution in [1.29, 1.82) is 0 Å². The number of hydrogen-bond acceptors (Lipinski definition) is 4. The van der Waals surface area contributed by atoms with Crippen LogP contribution in [0.3, 0.4) is 0 Å². The number of hydrogen-bond donors (Lipinski definition) is 2. The van der Waals surface area contributed by atoms with Crippen LogP contribution in [0.4, 0.5) is 0 Å². The van der Waals surface area contributed by atoms with Crippen LogP contribution in [0.1, 0.15) is 32.1 Å². The fourth-order valence-electron chi connectivity index (χ4n) is 2.97. The van der Waals surface area contributed by atoms with Crippen LogP contribution in [0.15, 0.2) is 5.16 Å². The van der Waals surface area contributed by atoms with Crippen molar-refractivity contribution in [2.45, 2.75) is 32.1 Å². The molecule has 1 heterocycles. The van der Waals surface area contributed by atoms with Crippen molar-refractivity contribution >= 4 is 11.7 Å². The van der Waals surface area contributed by atoms with Gasteiger partial charge in [-0.15, -0.1) is 0 Å². The molecule has 1 saturated heterocycles. The van der Waals surface area contributed by atoms with Crippen molar-refractivity contribution in [3.05, 3.63) is 0 Å². The Bertz CT molecular complexity index is 360. The molecule has 1 aliphatic carbocycles. The van der Waals surface area contributed by atoms with Gasteiger partial charge in [0.25, 0.3) is 0 Å². The van der Waals surface area contributed by atoms with Crippen LogP contribution in [-0.2, 0) is 9.53 Å². The normalized spacial score (nSPS) is 23.7. The second-order valence-electron chi connectivity index (χ2n) is 5.66. The van der Waals surface area contributed by atoms with E-state index >= 15 is 0 Å². The van der Waals surface area contributed by atoms with E-state index in [1.165, 1.54) is 0 Å². The molecule has 1 aliphatic heterocycles. The lowest BCUT2D eigenvalue weighted by molar-refractivity contribution is -0.141. The van der Waals surface area contributed by atoms with E-state index in [0.717, 1.165) is 39.0 Å². The molecule has 0 spiro atoms. The third kappa shape index (κ3) is 2.68. The number of carbonyl (C=O) groups excluding carboxylic acids is 1. The highest BCUT2D eigenvalue weighted by Crippen LogP contribution is 2.42. The summed E-state index contributed by atoms with van der Waals surface area (Å²) in [6, 6.07) is 0. The maximum atomic E-state index is 12.5. The van der Waals surface area contributed by atoms with Crippen LogP contribution in [0, 0.1) is 11.3 Å². The van der Waals surface area contributed by atoms with Crippen LogP contribution in [0.2, 0.25) is 0 Å². The van der Waals surface area contributed by atoms with E-state index in [2.05, 4.69) is 5.16 Å². The molecular weight excluding hydrogens is 246 g/mol. The number of nitrogens with two attached hydrogens (primary N) is 1. The highest BCUT2D eigenvalue weighted by atomic mass is 16.5. The molecule has 1 amide bonds. The summed E-state index contributed by atoms with van der Waals surface area (Å²) in [5, 5.41) is 11.9. The molecule has 6 heteroatoms. The fraction of sp³-hybridized carbons (Fsp3) is 0.846. The Balaban J connectivity index is 1.97. The van der Waals surface area contributed by atoms with Gasteiger partial charge in [0.15, 0.2) is 5.84 Å². The molecule has 6 nitrogen and oxygen atoms in total. The molecular formula is C13H23N3O3. The van der Waals surface area contributed by atoms with Crippen LogP contribution < -0.4 is 5.73 Å². The summed E-state index contributed by atoms with van der Waals surface area (Å²) in [5.41, 5.74) is 4.96. The maximum absolute atomic E-state index is 12.5. The van der Waals surface area contributed by atoms with Crippen LogP contribution >= 0.6 is 0 Å². The van der Waals surface area contributed by atoms with Crippen molar-refractivity contribution in [3.8, 4) is 0 Å². The van der Waals surface area contributed by atoms with Gasteiger partial charge in [-0.2, -0.15) is 0 Å². The van der Waals surface area contributed by atoms with Crippen molar-refractivity contribution in [3.63, 3.8) is 0 Å². The first-order valence-corrected chi connectivity index (χ1v) is 6.91. The zero-order chi connectivity index (χ0) is 13.9. The highest BCUT2D eigenvalue weighted by Gasteiger charge is 2.49. The van der Waals surface area contributed by atoms with Gasteiger partial charge >= 0.3 is 0 Å². The molecule has 0 atom stereocenters. The number of ether oxygens (including phenoxy) is 1. The summed E-state index contributed by atoms with van der Waals surface area (Å²) >= 11 is 0. The Labute approximate surface area is 113 Å².